The predicted octanol–water partition coefficient (Wildman–Crippen LogP) is -2.27. The number of fused-ring (bicyclic) bond motifs is 1. The average molecular weight is 581 g/mol. The number of hydrogen-bond donors (Lipinski definition) is 9. The molecule has 2 aliphatic heterocycles. The van der Waals surface area contributed by atoms with Crippen LogP contribution < -0.4 is 0 Å². The van der Waals surface area contributed by atoms with Gasteiger partial charge >= 0.3 is 0 Å². The van der Waals surface area contributed by atoms with Crippen molar-refractivity contribution in [2.24, 2.45) is 17.3 Å². The molecule has 2 saturated carbocycles. The molecule has 13 nitrogen and oxygen atoms in total. The fraction of sp³-hybridized carbons (Fsp3) is 1.00. The summed E-state index contributed by atoms with van der Waals surface area (Å²) in [5.41, 5.74) is -3.09. The van der Waals surface area contributed by atoms with Crippen LogP contribution in [-0.4, -0.2) is 138 Å². The molecule has 0 aromatic heterocycles. The molecule has 0 amide bonds. The first-order chi connectivity index (χ1) is 18.5. The van der Waals surface area contributed by atoms with Gasteiger partial charge in [0.05, 0.1) is 42.7 Å². The van der Waals surface area contributed by atoms with Gasteiger partial charge in [-0.15, -0.1) is 0 Å². The summed E-state index contributed by atoms with van der Waals surface area (Å²) >= 11 is 0. The second-order valence-electron chi connectivity index (χ2n) is 13.2. The molecular formula is C27H48O13. The maximum atomic E-state index is 11.5. The highest BCUT2D eigenvalue weighted by Crippen LogP contribution is 2.58. The molecule has 2 saturated heterocycles. The van der Waals surface area contributed by atoms with Crippen LogP contribution in [0.3, 0.4) is 0 Å². The Balaban J connectivity index is 1.51. The first kappa shape index (κ1) is 32.4. The van der Waals surface area contributed by atoms with Crippen LogP contribution in [0.4, 0.5) is 0 Å². The zero-order chi connectivity index (χ0) is 29.8. The molecule has 9 N–H and O–H groups in total. The molecule has 40 heavy (non-hydrogen) atoms. The second-order valence-corrected chi connectivity index (χ2v) is 13.2. The smallest absolute Gasteiger partial charge is 0.186 e. The van der Waals surface area contributed by atoms with Gasteiger partial charge < -0.3 is 64.9 Å². The average Bonchev–Trinajstić information content (AvgIpc) is 2.86. The summed E-state index contributed by atoms with van der Waals surface area (Å²) < 4.78 is 23.3. The van der Waals surface area contributed by atoms with Crippen LogP contribution in [0.15, 0.2) is 0 Å². The minimum Gasteiger partial charge on any atom is -0.394 e. The monoisotopic (exact) mass is 580 g/mol. The molecule has 2 heterocycles. The van der Waals surface area contributed by atoms with Gasteiger partial charge in [-0.3, -0.25) is 0 Å². The van der Waals surface area contributed by atoms with Crippen molar-refractivity contribution in [3.8, 4) is 0 Å². The molecule has 0 radical (unpaired) electrons. The van der Waals surface area contributed by atoms with E-state index in [1.165, 1.54) is 0 Å². The molecule has 15 atom stereocenters. The van der Waals surface area contributed by atoms with E-state index in [-0.39, 0.29) is 6.42 Å². The molecule has 0 spiro atoms. The summed E-state index contributed by atoms with van der Waals surface area (Å²) in [4.78, 5) is 0. The zero-order valence-corrected chi connectivity index (χ0v) is 23.6. The minimum atomic E-state index is -1.65. The first-order valence-corrected chi connectivity index (χ1v) is 14.2. The highest BCUT2D eigenvalue weighted by atomic mass is 16.7. The Bertz CT molecular complexity index is 849. The third-order valence-electron chi connectivity index (χ3n) is 9.81. The SMILES string of the molecule is CC(C)(O)C1CCC2(C)C(O)CCC(C)(O)C2C1OC1CC(O)C(O)C(COC2OC(CO)C(O)C(O)C2O)O1. The molecule has 13 heteroatoms. The van der Waals surface area contributed by atoms with Crippen molar-refractivity contribution in [1.29, 1.82) is 0 Å². The molecule has 4 rings (SSSR count). The predicted molar refractivity (Wildman–Crippen MR) is 136 cm³/mol. The topological polar surface area (TPSA) is 219 Å². The fourth-order valence-corrected chi connectivity index (χ4v) is 7.39. The van der Waals surface area contributed by atoms with Crippen LogP contribution in [0, 0.1) is 17.3 Å². The van der Waals surface area contributed by atoms with E-state index in [0.717, 1.165) is 0 Å². The van der Waals surface area contributed by atoms with Crippen LogP contribution in [-0.2, 0) is 18.9 Å². The second kappa shape index (κ2) is 11.9. The van der Waals surface area contributed by atoms with E-state index in [2.05, 4.69) is 0 Å². The van der Waals surface area contributed by atoms with Gasteiger partial charge in [-0.25, -0.2) is 0 Å². The van der Waals surface area contributed by atoms with Gasteiger partial charge in [-0.1, -0.05) is 6.92 Å². The van der Waals surface area contributed by atoms with Crippen molar-refractivity contribution >= 4 is 0 Å². The van der Waals surface area contributed by atoms with Gasteiger partial charge in [-0.2, -0.15) is 0 Å². The summed E-state index contributed by atoms with van der Waals surface area (Å²) in [6.45, 7) is 5.93. The number of ether oxygens (including phenoxy) is 4. The van der Waals surface area contributed by atoms with E-state index in [9.17, 15) is 46.0 Å². The third kappa shape index (κ3) is 6.09. The molecule has 4 fully saturated rings. The summed E-state index contributed by atoms with van der Waals surface area (Å²) in [6, 6.07) is 0. The lowest BCUT2D eigenvalue weighted by Gasteiger charge is -2.61. The van der Waals surface area contributed by atoms with Gasteiger partial charge in [-0.05, 0) is 46.5 Å². The lowest BCUT2D eigenvalue weighted by molar-refractivity contribution is -0.333. The van der Waals surface area contributed by atoms with Crippen molar-refractivity contribution in [3.05, 3.63) is 0 Å². The van der Waals surface area contributed by atoms with Crippen molar-refractivity contribution in [3.63, 3.8) is 0 Å². The maximum Gasteiger partial charge on any atom is 0.186 e. The highest BCUT2D eigenvalue weighted by Gasteiger charge is 2.62. The van der Waals surface area contributed by atoms with Crippen LogP contribution in [0.2, 0.25) is 0 Å². The fourth-order valence-electron chi connectivity index (χ4n) is 7.39. The zero-order valence-electron chi connectivity index (χ0n) is 23.6. The largest absolute Gasteiger partial charge is 0.394 e. The first-order valence-electron chi connectivity index (χ1n) is 14.2. The quantitative estimate of drug-likeness (QED) is 0.155. The molecule has 4 aliphatic rings. The Morgan fingerprint density at radius 1 is 0.875 bits per heavy atom. The number of hydrogen-bond acceptors (Lipinski definition) is 13. The molecule has 2 aliphatic carbocycles. The molecular weight excluding hydrogens is 532 g/mol. The summed E-state index contributed by atoms with van der Waals surface area (Å²) in [5.74, 6) is -0.996. The van der Waals surface area contributed by atoms with E-state index in [0.29, 0.717) is 25.7 Å². The van der Waals surface area contributed by atoms with Gasteiger partial charge in [0.1, 0.15) is 36.6 Å². The molecule has 0 aromatic carbocycles. The molecule has 0 aromatic rings. The summed E-state index contributed by atoms with van der Waals surface area (Å²) in [6.07, 6.45) is -12.1. The molecule has 15 unspecified atom stereocenters. The van der Waals surface area contributed by atoms with Crippen LogP contribution >= 0.6 is 0 Å². The van der Waals surface area contributed by atoms with Gasteiger partial charge in [0.15, 0.2) is 12.6 Å². The Kier molecular flexibility index (Phi) is 9.61. The number of rotatable bonds is 7. The Morgan fingerprint density at radius 3 is 2.17 bits per heavy atom. The lowest BCUT2D eigenvalue weighted by atomic mass is 9.50. The van der Waals surface area contributed by atoms with E-state index in [4.69, 9.17) is 18.9 Å². The molecule has 0 bridgehead atoms. The van der Waals surface area contributed by atoms with Crippen LogP contribution in [0.25, 0.3) is 0 Å². The Labute approximate surface area is 234 Å². The van der Waals surface area contributed by atoms with Crippen molar-refractivity contribution in [1.82, 2.24) is 0 Å². The Morgan fingerprint density at radius 2 is 1.55 bits per heavy atom. The van der Waals surface area contributed by atoms with Crippen LogP contribution in [0.5, 0.6) is 0 Å². The van der Waals surface area contributed by atoms with Gasteiger partial charge in [0.2, 0.25) is 0 Å². The van der Waals surface area contributed by atoms with E-state index < -0.39 is 109 Å². The van der Waals surface area contributed by atoms with Crippen LogP contribution in [0.1, 0.15) is 59.8 Å². The van der Waals surface area contributed by atoms with Gasteiger partial charge in [0, 0.05) is 23.7 Å². The summed E-state index contributed by atoms with van der Waals surface area (Å²) in [5, 5.41) is 94.5. The van der Waals surface area contributed by atoms with Gasteiger partial charge in [0.25, 0.3) is 0 Å². The minimum absolute atomic E-state index is 0.110. The highest BCUT2D eigenvalue weighted by molar-refractivity contribution is 5.11. The van der Waals surface area contributed by atoms with E-state index in [1.807, 2.05) is 6.92 Å². The van der Waals surface area contributed by atoms with Crippen molar-refractivity contribution in [2.45, 2.75) is 139 Å². The Hall–Kier alpha value is -0.520. The maximum absolute atomic E-state index is 11.5. The lowest BCUT2D eigenvalue weighted by Crippen LogP contribution is -2.66. The normalized spacial score (nSPS) is 52.3. The van der Waals surface area contributed by atoms with Crippen molar-refractivity contribution in [2.75, 3.05) is 13.2 Å². The van der Waals surface area contributed by atoms with E-state index >= 15 is 0 Å². The van der Waals surface area contributed by atoms with Crippen molar-refractivity contribution < 1.29 is 64.9 Å². The third-order valence-corrected chi connectivity index (χ3v) is 9.81. The number of aliphatic hydroxyl groups is 9. The summed E-state index contributed by atoms with van der Waals surface area (Å²) in [7, 11) is 0. The number of aliphatic hydroxyl groups excluding tert-OH is 7. The molecule has 234 valence electrons. The standard InChI is InChI=1S/C27H48O13/c1-25(2,35)12-5-7-26(3)16(30)6-8-27(4,36)23(26)22(12)40-17-9-13(29)18(31)15(38-17)11-37-24-21(34)20(33)19(32)14(10-28)39-24/h12-24,28-36H,5-11H2,1-4H3. The van der Waals surface area contributed by atoms with E-state index in [1.54, 1.807) is 20.8 Å².